The summed E-state index contributed by atoms with van der Waals surface area (Å²) in [6.45, 7) is 0. The molecule has 1 aliphatic rings. The van der Waals surface area contributed by atoms with Crippen LogP contribution in [0, 0.1) is 0 Å². The van der Waals surface area contributed by atoms with Gasteiger partial charge < -0.3 is 9.15 Å². The molecular formula is C26H24N2O2. The minimum atomic E-state index is -0.0428. The van der Waals surface area contributed by atoms with Crippen molar-refractivity contribution in [2.45, 2.75) is 37.5 Å². The molecule has 1 aliphatic carbocycles. The van der Waals surface area contributed by atoms with Gasteiger partial charge in [-0.1, -0.05) is 43.5 Å². The zero-order valence-electron chi connectivity index (χ0n) is 16.8. The Kier molecular flexibility index (Phi) is 5.06. The van der Waals surface area contributed by atoms with Crippen molar-refractivity contribution in [3.8, 4) is 23.0 Å². The minimum absolute atomic E-state index is 0.0428. The third-order valence-electron chi connectivity index (χ3n) is 6.00. The molecule has 0 saturated heterocycles. The van der Waals surface area contributed by atoms with Gasteiger partial charge in [-0.05, 0) is 60.9 Å². The molecule has 30 heavy (non-hydrogen) atoms. The number of hydrogen-bond donors (Lipinski definition) is 0. The van der Waals surface area contributed by atoms with E-state index in [4.69, 9.17) is 14.1 Å². The molecule has 0 spiro atoms. The van der Waals surface area contributed by atoms with Gasteiger partial charge in [0.05, 0.1) is 11.9 Å². The highest BCUT2D eigenvalue weighted by atomic mass is 16.5. The quantitative estimate of drug-likeness (QED) is 0.373. The van der Waals surface area contributed by atoms with Gasteiger partial charge in [0.25, 0.3) is 0 Å². The van der Waals surface area contributed by atoms with Crippen molar-refractivity contribution in [1.29, 1.82) is 0 Å². The van der Waals surface area contributed by atoms with E-state index in [1.54, 1.807) is 12.5 Å². The third kappa shape index (κ3) is 3.61. The van der Waals surface area contributed by atoms with E-state index in [0.717, 1.165) is 35.6 Å². The van der Waals surface area contributed by atoms with Crippen molar-refractivity contribution in [3.63, 3.8) is 0 Å². The standard InChI is InChI=1S/C26H24N2O2/c1-3-13-26(14-4-1,24-12-2-5-15-27-24)21-9-7-11-23(19-21)30-22-10-6-8-20(18-22)25-28-16-17-29-25/h2,5-12,15-19H,1,3-4,13-14H2. The minimum Gasteiger partial charge on any atom is -0.457 e. The molecule has 1 saturated carbocycles. The predicted octanol–water partition coefficient (Wildman–Crippen LogP) is 6.78. The van der Waals surface area contributed by atoms with Gasteiger partial charge in [0.15, 0.2) is 0 Å². The van der Waals surface area contributed by atoms with E-state index in [2.05, 4.69) is 35.3 Å². The Balaban J connectivity index is 1.47. The number of nitrogens with zero attached hydrogens (tertiary/aromatic N) is 2. The summed E-state index contributed by atoms with van der Waals surface area (Å²) in [6.07, 6.45) is 11.1. The van der Waals surface area contributed by atoms with Crippen molar-refractivity contribution in [1.82, 2.24) is 9.97 Å². The van der Waals surface area contributed by atoms with Gasteiger partial charge in [-0.2, -0.15) is 0 Å². The number of oxazole rings is 1. The first-order valence-corrected chi connectivity index (χ1v) is 10.5. The molecule has 0 bridgehead atoms. The smallest absolute Gasteiger partial charge is 0.225 e. The summed E-state index contributed by atoms with van der Waals surface area (Å²) in [5.41, 5.74) is 3.29. The summed E-state index contributed by atoms with van der Waals surface area (Å²) < 4.78 is 11.7. The van der Waals surface area contributed by atoms with Crippen molar-refractivity contribution < 1.29 is 9.15 Å². The fraction of sp³-hybridized carbons (Fsp3) is 0.231. The first-order valence-electron chi connectivity index (χ1n) is 10.5. The Bertz CT molecular complexity index is 1100. The van der Waals surface area contributed by atoms with E-state index in [1.807, 2.05) is 42.6 Å². The molecule has 150 valence electrons. The van der Waals surface area contributed by atoms with Gasteiger partial charge in [-0.25, -0.2) is 4.98 Å². The molecule has 5 rings (SSSR count). The van der Waals surface area contributed by atoms with E-state index in [9.17, 15) is 0 Å². The lowest BCUT2D eigenvalue weighted by Gasteiger charge is -2.37. The molecular weight excluding hydrogens is 372 g/mol. The SMILES string of the molecule is c1ccc(C2(c3cccc(Oc4cccc(-c5ncco5)c4)c3)CCCCC2)nc1. The van der Waals surface area contributed by atoms with Gasteiger partial charge >= 0.3 is 0 Å². The highest BCUT2D eigenvalue weighted by Gasteiger charge is 2.37. The molecule has 0 aliphatic heterocycles. The maximum absolute atomic E-state index is 6.24. The monoisotopic (exact) mass is 396 g/mol. The number of rotatable bonds is 5. The predicted molar refractivity (Wildman–Crippen MR) is 117 cm³/mol. The van der Waals surface area contributed by atoms with Crippen molar-refractivity contribution in [2.75, 3.05) is 0 Å². The van der Waals surface area contributed by atoms with Crippen LogP contribution in [0.25, 0.3) is 11.5 Å². The average Bonchev–Trinajstić information content (AvgIpc) is 3.36. The molecule has 0 unspecified atom stereocenters. The molecule has 4 heteroatoms. The van der Waals surface area contributed by atoms with Crippen LogP contribution in [0.2, 0.25) is 0 Å². The summed E-state index contributed by atoms with van der Waals surface area (Å²) in [5, 5.41) is 0. The first-order chi connectivity index (χ1) is 14.8. The molecule has 2 aromatic carbocycles. The zero-order chi connectivity index (χ0) is 20.2. The van der Waals surface area contributed by atoms with Gasteiger partial charge in [0, 0.05) is 17.2 Å². The van der Waals surface area contributed by atoms with Gasteiger partial charge in [-0.15, -0.1) is 0 Å². The van der Waals surface area contributed by atoms with Crippen molar-refractivity contribution in [3.05, 3.63) is 96.6 Å². The Morgan fingerprint density at radius 3 is 2.37 bits per heavy atom. The number of hydrogen-bond acceptors (Lipinski definition) is 4. The molecule has 4 aromatic rings. The maximum atomic E-state index is 6.24. The van der Waals surface area contributed by atoms with E-state index in [0.29, 0.717) is 5.89 Å². The lowest BCUT2D eigenvalue weighted by molar-refractivity contribution is 0.337. The van der Waals surface area contributed by atoms with Crippen LogP contribution in [0.3, 0.4) is 0 Å². The van der Waals surface area contributed by atoms with Crippen LogP contribution in [0.5, 0.6) is 11.5 Å². The second-order valence-corrected chi connectivity index (χ2v) is 7.85. The van der Waals surface area contributed by atoms with Crippen LogP contribution in [-0.4, -0.2) is 9.97 Å². The van der Waals surface area contributed by atoms with Crippen LogP contribution in [-0.2, 0) is 5.41 Å². The largest absolute Gasteiger partial charge is 0.457 e. The number of pyridine rings is 1. The van der Waals surface area contributed by atoms with Gasteiger partial charge in [0.2, 0.25) is 5.89 Å². The van der Waals surface area contributed by atoms with Crippen molar-refractivity contribution >= 4 is 0 Å². The van der Waals surface area contributed by atoms with Crippen LogP contribution in [0.15, 0.2) is 89.8 Å². The zero-order valence-corrected chi connectivity index (χ0v) is 16.8. The molecule has 4 nitrogen and oxygen atoms in total. The summed E-state index contributed by atoms with van der Waals surface area (Å²) in [7, 11) is 0. The van der Waals surface area contributed by atoms with E-state index >= 15 is 0 Å². The summed E-state index contributed by atoms with van der Waals surface area (Å²) in [6, 6.07) is 22.6. The molecule has 2 heterocycles. The molecule has 1 fully saturated rings. The Morgan fingerprint density at radius 1 is 0.767 bits per heavy atom. The highest BCUT2D eigenvalue weighted by molar-refractivity contribution is 5.56. The second-order valence-electron chi connectivity index (χ2n) is 7.85. The first kappa shape index (κ1) is 18.6. The highest BCUT2D eigenvalue weighted by Crippen LogP contribution is 2.45. The van der Waals surface area contributed by atoms with Crippen LogP contribution >= 0.6 is 0 Å². The van der Waals surface area contributed by atoms with Crippen LogP contribution in [0.4, 0.5) is 0 Å². The summed E-state index contributed by atoms with van der Waals surface area (Å²) in [5.74, 6) is 2.18. The lowest BCUT2D eigenvalue weighted by Crippen LogP contribution is -2.31. The van der Waals surface area contributed by atoms with Crippen molar-refractivity contribution in [2.24, 2.45) is 0 Å². The number of benzene rings is 2. The average molecular weight is 396 g/mol. The van der Waals surface area contributed by atoms with Crippen LogP contribution < -0.4 is 4.74 Å². The van der Waals surface area contributed by atoms with Crippen LogP contribution in [0.1, 0.15) is 43.4 Å². The summed E-state index contributed by atoms with van der Waals surface area (Å²) >= 11 is 0. The molecule has 2 aromatic heterocycles. The third-order valence-corrected chi connectivity index (χ3v) is 6.00. The lowest BCUT2D eigenvalue weighted by atomic mass is 9.67. The second kappa shape index (κ2) is 8.15. The molecule has 0 amide bonds. The molecule has 0 atom stereocenters. The topological polar surface area (TPSA) is 48.2 Å². The Hall–Kier alpha value is -3.40. The fourth-order valence-corrected chi connectivity index (χ4v) is 4.55. The summed E-state index contributed by atoms with van der Waals surface area (Å²) in [4.78, 5) is 8.97. The molecule has 0 N–H and O–H groups in total. The van der Waals surface area contributed by atoms with E-state index in [1.165, 1.54) is 24.8 Å². The number of aromatic nitrogens is 2. The Morgan fingerprint density at radius 2 is 1.60 bits per heavy atom. The Labute approximate surface area is 176 Å². The van der Waals surface area contributed by atoms with Gasteiger partial charge in [-0.3, -0.25) is 4.98 Å². The normalized spacial score (nSPS) is 15.6. The van der Waals surface area contributed by atoms with E-state index < -0.39 is 0 Å². The molecule has 0 radical (unpaired) electrons. The fourth-order valence-electron chi connectivity index (χ4n) is 4.55. The van der Waals surface area contributed by atoms with Gasteiger partial charge in [0.1, 0.15) is 17.8 Å². The van der Waals surface area contributed by atoms with E-state index in [-0.39, 0.29) is 5.41 Å². The maximum Gasteiger partial charge on any atom is 0.225 e. The number of ether oxygens (including phenoxy) is 1.